The highest BCUT2D eigenvalue weighted by Gasteiger charge is 2.09. The highest BCUT2D eigenvalue weighted by atomic mass is 16.5. The third-order valence-corrected chi connectivity index (χ3v) is 3.92. The topological polar surface area (TPSA) is 24.5 Å². The molecule has 0 saturated carbocycles. The Kier molecular flexibility index (Phi) is 9.11. The van der Waals surface area contributed by atoms with E-state index in [4.69, 9.17) is 4.74 Å². The van der Waals surface area contributed by atoms with Gasteiger partial charge in [0.05, 0.1) is 0 Å². The van der Waals surface area contributed by atoms with E-state index in [0.29, 0.717) is 6.04 Å². The fraction of sp³-hybridized carbons (Fsp3) is 0.667. The normalized spacial score (nSPS) is 12.6. The van der Waals surface area contributed by atoms with Gasteiger partial charge in [0.1, 0.15) is 12.4 Å². The zero-order chi connectivity index (χ0) is 15.5. The van der Waals surface area contributed by atoms with Crippen LogP contribution in [0.4, 0.5) is 0 Å². The number of benzene rings is 1. The van der Waals surface area contributed by atoms with Crippen LogP contribution in [-0.4, -0.2) is 37.2 Å². The molecule has 3 nitrogen and oxygen atoms in total. The molecule has 0 fully saturated rings. The second-order valence-corrected chi connectivity index (χ2v) is 5.56. The first kappa shape index (κ1) is 18.0. The minimum atomic E-state index is 0.628. The molecular weight excluding hydrogens is 260 g/mol. The van der Waals surface area contributed by atoms with Gasteiger partial charge in [0.25, 0.3) is 0 Å². The summed E-state index contributed by atoms with van der Waals surface area (Å²) >= 11 is 0. The number of rotatable bonds is 11. The maximum atomic E-state index is 5.91. The smallest absolute Gasteiger partial charge is 0.119 e. The van der Waals surface area contributed by atoms with Gasteiger partial charge in [-0.1, -0.05) is 32.9 Å². The molecule has 1 aromatic carbocycles. The fourth-order valence-corrected chi connectivity index (χ4v) is 2.38. The van der Waals surface area contributed by atoms with Crippen molar-refractivity contribution < 1.29 is 4.74 Å². The molecule has 0 radical (unpaired) electrons. The van der Waals surface area contributed by atoms with Gasteiger partial charge in [-0.15, -0.1) is 0 Å². The second kappa shape index (κ2) is 10.6. The molecule has 0 aromatic heterocycles. The summed E-state index contributed by atoms with van der Waals surface area (Å²) in [6, 6.07) is 9.03. The van der Waals surface area contributed by atoms with Gasteiger partial charge in [-0.2, -0.15) is 0 Å². The number of nitrogens with one attached hydrogen (secondary N) is 1. The van der Waals surface area contributed by atoms with Gasteiger partial charge in [-0.25, -0.2) is 0 Å². The van der Waals surface area contributed by atoms with E-state index >= 15 is 0 Å². The standard InChI is InChI=1S/C18H32N2O/c1-5-11-19-15-17-9-8-10-18(14-17)21-13-12-20(7-3)16(4)6-2/h8-10,14,16,19H,5-7,11-13,15H2,1-4H3. The molecule has 0 heterocycles. The summed E-state index contributed by atoms with van der Waals surface area (Å²) in [4.78, 5) is 2.46. The molecule has 0 bridgehead atoms. The highest BCUT2D eigenvalue weighted by Crippen LogP contribution is 2.13. The molecule has 1 N–H and O–H groups in total. The Morgan fingerprint density at radius 2 is 2.05 bits per heavy atom. The largest absolute Gasteiger partial charge is 0.492 e. The van der Waals surface area contributed by atoms with Crippen molar-refractivity contribution in [3.8, 4) is 5.75 Å². The summed E-state index contributed by atoms with van der Waals surface area (Å²) in [6.07, 6.45) is 2.35. The summed E-state index contributed by atoms with van der Waals surface area (Å²) < 4.78 is 5.91. The van der Waals surface area contributed by atoms with Crippen molar-refractivity contribution in [2.45, 2.75) is 53.1 Å². The van der Waals surface area contributed by atoms with Crippen molar-refractivity contribution in [1.29, 1.82) is 0 Å². The maximum Gasteiger partial charge on any atom is 0.119 e. The summed E-state index contributed by atoms with van der Waals surface area (Å²) in [5.41, 5.74) is 1.29. The van der Waals surface area contributed by atoms with E-state index in [1.54, 1.807) is 0 Å². The van der Waals surface area contributed by atoms with E-state index in [1.807, 2.05) is 6.07 Å². The predicted octanol–water partition coefficient (Wildman–Crippen LogP) is 3.69. The van der Waals surface area contributed by atoms with Crippen LogP contribution in [0, 0.1) is 0 Å². The number of hydrogen-bond donors (Lipinski definition) is 1. The Hall–Kier alpha value is -1.06. The van der Waals surface area contributed by atoms with Gasteiger partial charge in [0.15, 0.2) is 0 Å². The third kappa shape index (κ3) is 6.96. The minimum Gasteiger partial charge on any atom is -0.492 e. The van der Waals surface area contributed by atoms with Gasteiger partial charge < -0.3 is 10.1 Å². The molecule has 1 unspecified atom stereocenters. The second-order valence-electron chi connectivity index (χ2n) is 5.56. The van der Waals surface area contributed by atoms with Crippen LogP contribution < -0.4 is 10.1 Å². The van der Waals surface area contributed by atoms with Gasteiger partial charge in [0, 0.05) is 19.1 Å². The van der Waals surface area contributed by atoms with Crippen LogP contribution >= 0.6 is 0 Å². The Balaban J connectivity index is 2.39. The summed E-state index contributed by atoms with van der Waals surface area (Å²) in [7, 11) is 0. The molecule has 0 amide bonds. The van der Waals surface area contributed by atoms with Gasteiger partial charge >= 0.3 is 0 Å². The van der Waals surface area contributed by atoms with Crippen molar-refractivity contribution >= 4 is 0 Å². The van der Waals surface area contributed by atoms with Crippen molar-refractivity contribution in [3.05, 3.63) is 29.8 Å². The average molecular weight is 292 g/mol. The number of nitrogens with zero attached hydrogens (tertiary/aromatic N) is 1. The SMILES string of the molecule is CCCNCc1cccc(OCCN(CC)C(C)CC)c1. The Labute approximate surface area is 130 Å². The molecule has 0 aliphatic carbocycles. The molecule has 0 aliphatic rings. The molecule has 1 atom stereocenters. The van der Waals surface area contributed by atoms with Crippen molar-refractivity contribution in [1.82, 2.24) is 10.2 Å². The molecule has 0 aliphatic heterocycles. The maximum absolute atomic E-state index is 5.91. The number of hydrogen-bond acceptors (Lipinski definition) is 3. The van der Waals surface area contributed by atoms with E-state index in [-0.39, 0.29) is 0 Å². The lowest BCUT2D eigenvalue weighted by Crippen LogP contribution is -2.35. The molecule has 3 heteroatoms. The first-order valence-electron chi connectivity index (χ1n) is 8.37. The minimum absolute atomic E-state index is 0.628. The summed E-state index contributed by atoms with van der Waals surface area (Å²) in [5, 5.41) is 3.42. The zero-order valence-electron chi connectivity index (χ0n) is 14.2. The van der Waals surface area contributed by atoms with Crippen LogP contribution in [-0.2, 0) is 6.54 Å². The molecule has 1 aromatic rings. The van der Waals surface area contributed by atoms with Gasteiger partial charge in [0.2, 0.25) is 0 Å². The molecule has 0 saturated heterocycles. The molecule has 120 valence electrons. The van der Waals surface area contributed by atoms with E-state index in [1.165, 1.54) is 18.4 Å². The van der Waals surface area contributed by atoms with E-state index < -0.39 is 0 Å². The first-order chi connectivity index (χ1) is 10.2. The van der Waals surface area contributed by atoms with Crippen LogP contribution in [0.15, 0.2) is 24.3 Å². The van der Waals surface area contributed by atoms with Gasteiger partial charge in [-0.05, 0) is 50.6 Å². The van der Waals surface area contributed by atoms with Crippen molar-refractivity contribution in [2.24, 2.45) is 0 Å². The van der Waals surface area contributed by atoms with Crippen LogP contribution in [0.1, 0.15) is 46.1 Å². The molecule has 0 spiro atoms. The Morgan fingerprint density at radius 1 is 1.24 bits per heavy atom. The summed E-state index contributed by atoms with van der Waals surface area (Å²) in [5.74, 6) is 0.978. The third-order valence-electron chi connectivity index (χ3n) is 3.92. The number of ether oxygens (including phenoxy) is 1. The number of likely N-dealkylation sites (N-methyl/N-ethyl adjacent to an activating group) is 1. The molecular formula is C18H32N2O. The monoisotopic (exact) mass is 292 g/mol. The average Bonchev–Trinajstić information content (AvgIpc) is 2.51. The molecule has 21 heavy (non-hydrogen) atoms. The van der Waals surface area contributed by atoms with E-state index in [0.717, 1.165) is 38.5 Å². The van der Waals surface area contributed by atoms with Crippen LogP contribution in [0.2, 0.25) is 0 Å². The zero-order valence-corrected chi connectivity index (χ0v) is 14.2. The molecule has 1 rings (SSSR count). The lowest BCUT2D eigenvalue weighted by Gasteiger charge is -2.26. The van der Waals surface area contributed by atoms with Crippen LogP contribution in [0.25, 0.3) is 0 Å². The lowest BCUT2D eigenvalue weighted by atomic mass is 10.2. The highest BCUT2D eigenvalue weighted by molar-refractivity contribution is 5.28. The Bertz CT molecular complexity index is 381. The van der Waals surface area contributed by atoms with Crippen molar-refractivity contribution in [2.75, 3.05) is 26.2 Å². The lowest BCUT2D eigenvalue weighted by molar-refractivity contribution is 0.171. The van der Waals surface area contributed by atoms with E-state index in [9.17, 15) is 0 Å². The summed E-state index contributed by atoms with van der Waals surface area (Å²) in [6.45, 7) is 13.7. The van der Waals surface area contributed by atoms with Gasteiger partial charge in [-0.3, -0.25) is 4.90 Å². The Morgan fingerprint density at radius 3 is 2.71 bits per heavy atom. The quantitative estimate of drug-likeness (QED) is 0.630. The predicted molar refractivity (Wildman–Crippen MR) is 90.9 cm³/mol. The van der Waals surface area contributed by atoms with Crippen LogP contribution in [0.5, 0.6) is 5.75 Å². The van der Waals surface area contributed by atoms with E-state index in [2.05, 4.69) is 56.1 Å². The van der Waals surface area contributed by atoms with Crippen molar-refractivity contribution in [3.63, 3.8) is 0 Å². The fourth-order valence-electron chi connectivity index (χ4n) is 2.38. The first-order valence-corrected chi connectivity index (χ1v) is 8.37. The van der Waals surface area contributed by atoms with Crippen LogP contribution in [0.3, 0.4) is 0 Å².